The van der Waals surface area contributed by atoms with Crippen molar-refractivity contribution in [3.8, 4) is 0 Å². The molecule has 0 spiro atoms. The Hall–Kier alpha value is -0.570. The molecule has 0 aromatic rings. The molecule has 3 heteroatoms. The predicted octanol–water partition coefficient (Wildman–Crippen LogP) is 1.63. The lowest BCUT2D eigenvalue weighted by Crippen LogP contribution is -2.47. The van der Waals surface area contributed by atoms with E-state index in [1.807, 2.05) is 25.9 Å². The average Bonchev–Trinajstić information content (AvgIpc) is 2.27. The van der Waals surface area contributed by atoms with Crippen LogP contribution >= 0.6 is 0 Å². The molecule has 15 heavy (non-hydrogen) atoms. The lowest BCUT2D eigenvalue weighted by molar-refractivity contribution is -0.134. The highest BCUT2D eigenvalue weighted by molar-refractivity contribution is 5.81. The first kappa shape index (κ1) is 12.5. The van der Waals surface area contributed by atoms with Gasteiger partial charge in [0.25, 0.3) is 0 Å². The lowest BCUT2D eigenvalue weighted by Gasteiger charge is -2.34. The van der Waals surface area contributed by atoms with Gasteiger partial charge in [0.1, 0.15) is 0 Å². The third-order valence-corrected chi connectivity index (χ3v) is 3.68. The number of carbonyl (C=O) groups is 1. The molecule has 1 rings (SSSR count). The Kier molecular flexibility index (Phi) is 4.58. The van der Waals surface area contributed by atoms with Crippen LogP contribution in [0, 0.1) is 5.92 Å². The first-order chi connectivity index (χ1) is 7.06. The van der Waals surface area contributed by atoms with Crippen LogP contribution in [0.3, 0.4) is 0 Å². The van der Waals surface area contributed by atoms with Crippen molar-refractivity contribution in [3.63, 3.8) is 0 Å². The molecule has 0 aromatic carbocycles. The Morgan fingerprint density at radius 2 is 1.87 bits per heavy atom. The third-order valence-electron chi connectivity index (χ3n) is 3.68. The molecular weight excluding hydrogens is 188 g/mol. The molecule has 0 bridgehead atoms. The van der Waals surface area contributed by atoms with Gasteiger partial charge in [-0.15, -0.1) is 0 Å². The minimum atomic E-state index is -0.0608. The standard InChI is InChI=1S/C12H24N2O/c1-9-5-7-11(8-6-9)14(4)12(15)10(2)13-3/h9-11,13H,5-8H2,1-4H3. The highest BCUT2D eigenvalue weighted by Gasteiger charge is 2.26. The van der Waals surface area contributed by atoms with E-state index in [4.69, 9.17) is 0 Å². The second-order valence-electron chi connectivity index (χ2n) is 4.87. The van der Waals surface area contributed by atoms with Crippen LogP contribution < -0.4 is 5.32 Å². The van der Waals surface area contributed by atoms with Gasteiger partial charge in [-0.25, -0.2) is 0 Å². The number of carbonyl (C=O) groups excluding carboxylic acids is 1. The van der Waals surface area contributed by atoms with Gasteiger partial charge >= 0.3 is 0 Å². The zero-order valence-electron chi connectivity index (χ0n) is 10.4. The van der Waals surface area contributed by atoms with Crippen LogP contribution in [0.4, 0.5) is 0 Å². The van der Waals surface area contributed by atoms with E-state index in [-0.39, 0.29) is 11.9 Å². The molecule has 1 saturated carbocycles. The Morgan fingerprint density at radius 3 is 2.33 bits per heavy atom. The second-order valence-corrected chi connectivity index (χ2v) is 4.87. The SMILES string of the molecule is CNC(C)C(=O)N(C)C1CCC(C)CC1. The molecule has 1 N–H and O–H groups in total. The summed E-state index contributed by atoms with van der Waals surface area (Å²) >= 11 is 0. The summed E-state index contributed by atoms with van der Waals surface area (Å²) in [5.74, 6) is 1.06. The molecule has 0 aromatic heterocycles. The summed E-state index contributed by atoms with van der Waals surface area (Å²) in [5, 5.41) is 3.00. The molecule has 1 fully saturated rings. The van der Waals surface area contributed by atoms with Crippen molar-refractivity contribution >= 4 is 5.91 Å². The summed E-state index contributed by atoms with van der Waals surface area (Å²) < 4.78 is 0. The van der Waals surface area contributed by atoms with Gasteiger partial charge in [-0.2, -0.15) is 0 Å². The molecule has 1 aliphatic carbocycles. The molecule has 0 radical (unpaired) electrons. The fourth-order valence-electron chi connectivity index (χ4n) is 2.24. The van der Waals surface area contributed by atoms with E-state index in [1.54, 1.807) is 0 Å². The molecule has 1 atom stereocenters. The summed E-state index contributed by atoms with van der Waals surface area (Å²) in [7, 11) is 3.77. The Labute approximate surface area is 93.2 Å². The fraction of sp³-hybridized carbons (Fsp3) is 0.917. The summed E-state index contributed by atoms with van der Waals surface area (Å²) in [5.41, 5.74) is 0. The average molecular weight is 212 g/mol. The monoisotopic (exact) mass is 212 g/mol. The van der Waals surface area contributed by atoms with E-state index in [0.29, 0.717) is 6.04 Å². The van der Waals surface area contributed by atoms with E-state index < -0.39 is 0 Å². The van der Waals surface area contributed by atoms with Crippen molar-refractivity contribution in [1.29, 1.82) is 0 Å². The van der Waals surface area contributed by atoms with Crippen LogP contribution in [0.1, 0.15) is 39.5 Å². The maximum Gasteiger partial charge on any atom is 0.239 e. The Morgan fingerprint density at radius 1 is 1.33 bits per heavy atom. The van der Waals surface area contributed by atoms with Gasteiger partial charge in [0, 0.05) is 13.1 Å². The van der Waals surface area contributed by atoms with Gasteiger partial charge in [-0.3, -0.25) is 4.79 Å². The summed E-state index contributed by atoms with van der Waals surface area (Å²) in [4.78, 5) is 13.9. The first-order valence-corrected chi connectivity index (χ1v) is 6.00. The largest absolute Gasteiger partial charge is 0.341 e. The number of likely N-dealkylation sites (N-methyl/N-ethyl adjacent to an activating group) is 2. The van der Waals surface area contributed by atoms with Crippen LogP contribution in [0.5, 0.6) is 0 Å². The van der Waals surface area contributed by atoms with Crippen molar-refractivity contribution < 1.29 is 4.79 Å². The third kappa shape index (κ3) is 3.20. The number of hydrogen-bond donors (Lipinski definition) is 1. The quantitative estimate of drug-likeness (QED) is 0.771. The maximum absolute atomic E-state index is 11.9. The minimum Gasteiger partial charge on any atom is -0.341 e. The molecule has 1 amide bonds. The molecule has 88 valence electrons. The number of rotatable bonds is 3. The number of nitrogens with one attached hydrogen (secondary N) is 1. The van der Waals surface area contributed by atoms with Gasteiger partial charge in [-0.05, 0) is 45.6 Å². The van der Waals surface area contributed by atoms with Crippen LogP contribution in [-0.4, -0.2) is 37.0 Å². The molecule has 3 nitrogen and oxygen atoms in total. The van der Waals surface area contributed by atoms with Gasteiger partial charge in [0.05, 0.1) is 6.04 Å². The second kappa shape index (κ2) is 5.50. The zero-order chi connectivity index (χ0) is 11.4. The highest BCUT2D eigenvalue weighted by Crippen LogP contribution is 2.26. The molecule has 1 aliphatic rings. The Bertz CT molecular complexity index is 210. The fourth-order valence-corrected chi connectivity index (χ4v) is 2.24. The van der Waals surface area contributed by atoms with Crippen molar-refractivity contribution in [1.82, 2.24) is 10.2 Å². The molecular formula is C12H24N2O. The first-order valence-electron chi connectivity index (χ1n) is 6.00. The topological polar surface area (TPSA) is 32.3 Å². The number of amides is 1. The maximum atomic E-state index is 11.9. The van der Waals surface area contributed by atoms with Crippen LogP contribution in [0.15, 0.2) is 0 Å². The van der Waals surface area contributed by atoms with E-state index in [1.165, 1.54) is 25.7 Å². The van der Waals surface area contributed by atoms with Crippen molar-refractivity contribution in [2.75, 3.05) is 14.1 Å². The minimum absolute atomic E-state index is 0.0608. The van der Waals surface area contributed by atoms with Crippen LogP contribution in [0.25, 0.3) is 0 Å². The molecule has 0 aliphatic heterocycles. The van der Waals surface area contributed by atoms with Crippen LogP contribution in [-0.2, 0) is 4.79 Å². The smallest absolute Gasteiger partial charge is 0.239 e. The summed E-state index contributed by atoms with van der Waals surface area (Å²) in [6.45, 7) is 4.22. The van der Waals surface area contributed by atoms with E-state index in [2.05, 4.69) is 12.2 Å². The zero-order valence-corrected chi connectivity index (χ0v) is 10.4. The lowest BCUT2D eigenvalue weighted by atomic mass is 9.86. The molecule has 0 saturated heterocycles. The van der Waals surface area contributed by atoms with E-state index >= 15 is 0 Å². The summed E-state index contributed by atoms with van der Waals surface area (Å²) in [6.07, 6.45) is 4.85. The number of hydrogen-bond acceptors (Lipinski definition) is 2. The van der Waals surface area contributed by atoms with E-state index in [0.717, 1.165) is 5.92 Å². The molecule has 1 unspecified atom stereocenters. The van der Waals surface area contributed by atoms with E-state index in [9.17, 15) is 4.79 Å². The van der Waals surface area contributed by atoms with Crippen molar-refractivity contribution in [2.24, 2.45) is 5.92 Å². The molecule has 0 heterocycles. The Balaban J connectivity index is 2.46. The van der Waals surface area contributed by atoms with Gasteiger partial charge < -0.3 is 10.2 Å². The van der Waals surface area contributed by atoms with Gasteiger partial charge in [0.15, 0.2) is 0 Å². The normalized spacial score (nSPS) is 28.5. The highest BCUT2D eigenvalue weighted by atomic mass is 16.2. The predicted molar refractivity (Wildman–Crippen MR) is 62.7 cm³/mol. The van der Waals surface area contributed by atoms with Gasteiger partial charge in [-0.1, -0.05) is 6.92 Å². The number of nitrogens with zero attached hydrogens (tertiary/aromatic N) is 1. The van der Waals surface area contributed by atoms with Gasteiger partial charge in [0.2, 0.25) is 5.91 Å². The van der Waals surface area contributed by atoms with Crippen molar-refractivity contribution in [3.05, 3.63) is 0 Å². The van der Waals surface area contributed by atoms with Crippen molar-refractivity contribution in [2.45, 2.75) is 51.6 Å². The summed E-state index contributed by atoms with van der Waals surface area (Å²) in [6, 6.07) is 0.402. The van der Waals surface area contributed by atoms with Crippen LogP contribution in [0.2, 0.25) is 0 Å².